The lowest BCUT2D eigenvalue weighted by molar-refractivity contribution is 0.0466. The highest BCUT2D eigenvalue weighted by Gasteiger charge is 2.20. The van der Waals surface area contributed by atoms with Crippen LogP contribution in [0.1, 0.15) is 21.6 Å². The minimum absolute atomic E-state index is 0.0280. The first-order valence-corrected chi connectivity index (χ1v) is 6.86. The van der Waals surface area contributed by atoms with E-state index in [9.17, 15) is 4.79 Å². The van der Waals surface area contributed by atoms with Crippen molar-refractivity contribution < 1.29 is 9.53 Å². The first-order valence-electron chi connectivity index (χ1n) is 5.73. The number of carbonyl (C=O) groups excluding carboxylic acids is 1. The van der Waals surface area contributed by atoms with Gasteiger partial charge in [0.1, 0.15) is 11.8 Å². The summed E-state index contributed by atoms with van der Waals surface area (Å²) in [5.74, 6) is -0.638. The molecule has 0 saturated carbocycles. The van der Waals surface area contributed by atoms with Gasteiger partial charge >= 0.3 is 5.97 Å². The lowest BCUT2D eigenvalue weighted by Gasteiger charge is -2.09. The van der Waals surface area contributed by atoms with Crippen molar-refractivity contribution >= 4 is 40.8 Å². The molecule has 0 bridgehead atoms. The summed E-state index contributed by atoms with van der Waals surface area (Å²) in [4.78, 5) is 15.9. The number of aromatic nitrogens is 1. The third-order valence-corrected chi connectivity index (χ3v) is 3.96. The molecule has 0 amide bonds. The van der Waals surface area contributed by atoms with Gasteiger partial charge in [-0.05, 0) is 18.1 Å². The van der Waals surface area contributed by atoms with E-state index < -0.39 is 5.97 Å². The van der Waals surface area contributed by atoms with Crippen molar-refractivity contribution in [2.75, 3.05) is 0 Å². The van der Waals surface area contributed by atoms with E-state index in [2.05, 4.69) is 4.98 Å². The van der Waals surface area contributed by atoms with Gasteiger partial charge in [-0.3, -0.25) is 0 Å². The van der Waals surface area contributed by atoms with Crippen molar-refractivity contribution in [3.05, 3.63) is 62.4 Å². The number of rotatable bonds is 3. The largest absolute Gasteiger partial charge is 0.456 e. The molecule has 1 aromatic heterocycles. The fourth-order valence-corrected chi connectivity index (χ4v) is 2.18. The van der Waals surface area contributed by atoms with Crippen LogP contribution in [0.25, 0.3) is 0 Å². The van der Waals surface area contributed by atoms with Gasteiger partial charge in [0.2, 0.25) is 0 Å². The van der Waals surface area contributed by atoms with E-state index in [1.807, 2.05) is 30.3 Å². The fourth-order valence-electron chi connectivity index (χ4n) is 1.55. The molecular weight excluding hydrogens is 321 g/mol. The number of nitrogens with zero attached hydrogens (tertiary/aromatic N) is 1. The summed E-state index contributed by atoms with van der Waals surface area (Å²) in [7, 11) is 0. The van der Waals surface area contributed by atoms with Crippen LogP contribution < -0.4 is 0 Å². The standard InChI is InChI=1S/C14H10Cl3NO2/c1-8-10(15)12(18-13(17)11(8)16)14(19)20-7-9-5-3-2-4-6-9/h2-6H,7H2,1H3. The molecule has 0 N–H and O–H groups in total. The van der Waals surface area contributed by atoms with Gasteiger partial charge in [0.15, 0.2) is 5.69 Å². The molecule has 0 atom stereocenters. The van der Waals surface area contributed by atoms with Crippen LogP contribution in [0.3, 0.4) is 0 Å². The number of benzene rings is 1. The van der Waals surface area contributed by atoms with Crippen molar-refractivity contribution in [2.45, 2.75) is 13.5 Å². The van der Waals surface area contributed by atoms with Gasteiger partial charge in [0, 0.05) is 0 Å². The summed E-state index contributed by atoms with van der Waals surface area (Å²) in [6.07, 6.45) is 0. The van der Waals surface area contributed by atoms with Crippen molar-refractivity contribution in [3.8, 4) is 0 Å². The molecule has 2 aromatic rings. The fraction of sp³-hybridized carbons (Fsp3) is 0.143. The Hall–Kier alpha value is -1.29. The van der Waals surface area contributed by atoms with Crippen molar-refractivity contribution in [1.29, 1.82) is 0 Å². The molecule has 2 rings (SSSR count). The number of esters is 1. The summed E-state index contributed by atoms with van der Waals surface area (Å²) in [5.41, 5.74) is 1.34. The maximum Gasteiger partial charge on any atom is 0.358 e. The molecule has 0 radical (unpaired) electrons. The summed E-state index contributed by atoms with van der Waals surface area (Å²) in [5, 5.41) is 0.411. The molecule has 1 heterocycles. The summed E-state index contributed by atoms with van der Waals surface area (Å²) in [6, 6.07) is 9.30. The van der Waals surface area contributed by atoms with Crippen LogP contribution in [0, 0.1) is 6.92 Å². The van der Waals surface area contributed by atoms with E-state index >= 15 is 0 Å². The highest BCUT2D eigenvalue weighted by molar-refractivity contribution is 6.43. The predicted molar refractivity (Wildman–Crippen MR) is 79.6 cm³/mol. The molecule has 20 heavy (non-hydrogen) atoms. The topological polar surface area (TPSA) is 39.2 Å². The van der Waals surface area contributed by atoms with Gasteiger partial charge in [-0.1, -0.05) is 65.1 Å². The summed E-state index contributed by atoms with van der Waals surface area (Å²) in [6.45, 7) is 1.79. The second kappa shape index (κ2) is 6.44. The third-order valence-electron chi connectivity index (χ3n) is 2.66. The van der Waals surface area contributed by atoms with Crippen LogP contribution >= 0.6 is 34.8 Å². The van der Waals surface area contributed by atoms with Gasteiger partial charge < -0.3 is 4.74 Å². The van der Waals surface area contributed by atoms with E-state index in [1.165, 1.54) is 0 Å². The van der Waals surface area contributed by atoms with Crippen molar-refractivity contribution in [2.24, 2.45) is 0 Å². The number of hydrogen-bond acceptors (Lipinski definition) is 3. The smallest absolute Gasteiger partial charge is 0.358 e. The maximum absolute atomic E-state index is 12.0. The van der Waals surface area contributed by atoms with Crippen LogP contribution in [-0.2, 0) is 11.3 Å². The zero-order valence-electron chi connectivity index (χ0n) is 10.5. The van der Waals surface area contributed by atoms with E-state index in [0.717, 1.165) is 5.56 Å². The number of hydrogen-bond donors (Lipinski definition) is 0. The SMILES string of the molecule is Cc1c(Cl)c(Cl)nc(C(=O)OCc2ccccc2)c1Cl. The lowest BCUT2D eigenvalue weighted by atomic mass is 10.2. The summed E-state index contributed by atoms with van der Waals surface area (Å²) < 4.78 is 5.16. The molecule has 6 heteroatoms. The Morgan fingerprint density at radius 2 is 1.80 bits per heavy atom. The predicted octanol–water partition coefficient (Wildman–Crippen LogP) is 4.71. The Labute approximate surface area is 131 Å². The molecule has 104 valence electrons. The zero-order chi connectivity index (χ0) is 14.7. The van der Waals surface area contributed by atoms with Crippen LogP contribution in [0.15, 0.2) is 30.3 Å². The van der Waals surface area contributed by atoms with Gasteiger partial charge in [0.05, 0.1) is 10.0 Å². The minimum Gasteiger partial charge on any atom is -0.456 e. The lowest BCUT2D eigenvalue weighted by Crippen LogP contribution is -2.09. The third kappa shape index (κ3) is 3.23. The van der Waals surface area contributed by atoms with Crippen molar-refractivity contribution in [1.82, 2.24) is 4.98 Å². The van der Waals surface area contributed by atoms with Crippen LogP contribution in [-0.4, -0.2) is 11.0 Å². The van der Waals surface area contributed by atoms with Gasteiger partial charge in [-0.25, -0.2) is 9.78 Å². The molecule has 0 aliphatic heterocycles. The number of ether oxygens (including phenoxy) is 1. The Morgan fingerprint density at radius 3 is 2.45 bits per heavy atom. The molecule has 0 aliphatic carbocycles. The van der Waals surface area contributed by atoms with Crippen LogP contribution in [0.4, 0.5) is 0 Å². The summed E-state index contributed by atoms with van der Waals surface area (Å²) >= 11 is 17.8. The van der Waals surface area contributed by atoms with E-state index in [1.54, 1.807) is 6.92 Å². The molecule has 0 saturated heterocycles. The second-order valence-corrected chi connectivity index (χ2v) is 5.18. The average Bonchev–Trinajstić information content (AvgIpc) is 2.47. The van der Waals surface area contributed by atoms with E-state index in [4.69, 9.17) is 39.5 Å². The first kappa shape index (κ1) is 15.1. The quantitative estimate of drug-likeness (QED) is 0.604. The average molecular weight is 331 g/mol. The second-order valence-electron chi connectivity index (χ2n) is 4.07. The molecule has 1 aromatic carbocycles. The monoisotopic (exact) mass is 329 g/mol. The minimum atomic E-state index is -0.638. The molecule has 0 unspecified atom stereocenters. The Kier molecular flexibility index (Phi) is 4.86. The molecule has 0 spiro atoms. The van der Waals surface area contributed by atoms with Gasteiger partial charge in [0.25, 0.3) is 0 Å². The molecule has 3 nitrogen and oxygen atoms in total. The van der Waals surface area contributed by atoms with Crippen molar-refractivity contribution in [3.63, 3.8) is 0 Å². The molecule has 0 fully saturated rings. The molecule has 0 aliphatic rings. The highest BCUT2D eigenvalue weighted by atomic mass is 35.5. The highest BCUT2D eigenvalue weighted by Crippen LogP contribution is 2.31. The van der Waals surface area contributed by atoms with Gasteiger partial charge in [-0.2, -0.15) is 0 Å². The number of carbonyl (C=O) groups is 1. The normalized spacial score (nSPS) is 10.4. The zero-order valence-corrected chi connectivity index (χ0v) is 12.8. The number of pyridine rings is 1. The maximum atomic E-state index is 12.0. The number of halogens is 3. The van der Waals surface area contributed by atoms with E-state index in [0.29, 0.717) is 5.56 Å². The Bertz CT molecular complexity index is 645. The van der Waals surface area contributed by atoms with E-state index in [-0.39, 0.29) is 27.5 Å². The first-order chi connectivity index (χ1) is 9.50. The molecular formula is C14H10Cl3NO2. The van der Waals surface area contributed by atoms with Crippen LogP contribution in [0.2, 0.25) is 15.2 Å². The Morgan fingerprint density at radius 1 is 1.15 bits per heavy atom. The van der Waals surface area contributed by atoms with Crippen LogP contribution in [0.5, 0.6) is 0 Å². The Balaban J connectivity index is 2.18. The van der Waals surface area contributed by atoms with Gasteiger partial charge in [-0.15, -0.1) is 0 Å².